The van der Waals surface area contributed by atoms with Crippen LogP contribution in [-0.4, -0.2) is 96.0 Å². The Morgan fingerprint density at radius 1 is 1.10 bits per heavy atom. The third kappa shape index (κ3) is 7.57. The summed E-state index contributed by atoms with van der Waals surface area (Å²) >= 11 is 0. The third-order valence-corrected chi connectivity index (χ3v) is 8.94. The summed E-state index contributed by atoms with van der Waals surface area (Å²) < 4.78 is 104. The van der Waals surface area contributed by atoms with Crippen LogP contribution in [-0.2, 0) is 10.9 Å². The molecule has 1 aliphatic carbocycles. The van der Waals surface area contributed by atoms with Gasteiger partial charge in [0.2, 0.25) is 5.88 Å². The SMILES string of the molecule is CC.COC1(C(F)F)CN(CC2(COc3nc4c5c(nc(-c6cc(N)nc(C)c6C(F)(F)F)c(F)c5n3)OC(C)CCNCCN4)CC2)C1. The Balaban J connectivity index is 0.00000230. The van der Waals surface area contributed by atoms with Crippen LogP contribution >= 0.6 is 0 Å². The number of methoxy groups -OCH3 is 1. The van der Waals surface area contributed by atoms with Gasteiger partial charge in [-0.15, -0.1) is 0 Å². The average Bonchev–Trinajstić information content (AvgIpc) is 3.80. The van der Waals surface area contributed by atoms with Crippen LogP contribution in [0.25, 0.3) is 22.2 Å². The van der Waals surface area contributed by atoms with Crippen LogP contribution in [0.2, 0.25) is 0 Å². The van der Waals surface area contributed by atoms with Crippen molar-refractivity contribution >= 4 is 22.5 Å². The highest BCUT2D eigenvalue weighted by Gasteiger charge is 2.55. The molecule has 4 N–H and O–H groups in total. The Bertz CT molecular complexity index is 1650. The number of likely N-dealkylation sites (tertiary alicyclic amines) is 1. The summed E-state index contributed by atoms with van der Waals surface area (Å²) in [6.07, 6.45) is -5.90. The standard InChI is InChI=1S/C30H36F6N8O3.C2H6/c1-15-4-7-38-8-9-39-24-19-23(21(31)22(41-25(19)47-15)17-10-18(37)40-16(2)20(17)30(34,35)36)42-27(43-24)46-14-28(5-6-28)11-44-12-29(13-44,45-3)26(32)33;1-2/h10,15,26,38H,4-9,11-14H2,1-3H3,(H2,37,40)(H,39,42,43);1-2H3. The minimum atomic E-state index is -4.90. The van der Waals surface area contributed by atoms with Crippen LogP contribution in [0.5, 0.6) is 11.9 Å². The number of halogens is 6. The third-order valence-electron chi connectivity index (χ3n) is 8.94. The zero-order valence-electron chi connectivity index (χ0n) is 28.1. The predicted molar refractivity (Wildman–Crippen MR) is 171 cm³/mol. The molecule has 3 aromatic rings. The van der Waals surface area contributed by atoms with E-state index in [-0.39, 0.29) is 59.5 Å². The Kier molecular flexibility index (Phi) is 10.6. The van der Waals surface area contributed by atoms with Crippen LogP contribution in [0.3, 0.4) is 0 Å². The second-order valence-electron chi connectivity index (χ2n) is 12.6. The smallest absolute Gasteiger partial charge is 0.418 e. The fourth-order valence-corrected chi connectivity index (χ4v) is 6.16. The van der Waals surface area contributed by atoms with Gasteiger partial charge >= 0.3 is 12.2 Å². The van der Waals surface area contributed by atoms with E-state index in [1.165, 1.54) is 7.11 Å². The normalized spacial score (nSPS) is 20.3. The molecule has 11 nitrogen and oxygen atoms in total. The molecule has 5 heterocycles. The van der Waals surface area contributed by atoms with Crippen molar-refractivity contribution in [1.82, 2.24) is 30.2 Å². The first kappa shape index (κ1) is 36.6. The summed E-state index contributed by atoms with van der Waals surface area (Å²) in [6.45, 7) is 9.14. The number of aromatic nitrogens is 4. The molecule has 1 saturated heterocycles. The number of nitrogens with zero attached hydrogens (tertiary/aromatic N) is 5. The topological polar surface area (TPSA) is 133 Å². The first-order valence-electron chi connectivity index (χ1n) is 16.3. The number of nitrogens with two attached hydrogens (primary N) is 1. The van der Waals surface area contributed by atoms with E-state index in [0.29, 0.717) is 32.6 Å². The summed E-state index contributed by atoms with van der Waals surface area (Å²) in [5, 5.41) is 6.43. The van der Waals surface area contributed by atoms with Crippen molar-refractivity contribution in [3.05, 3.63) is 23.1 Å². The van der Waals surface area contributed by atoms with Crippen LogP contribution in [0.1, 0.15) is 51.3 Å². The van der Waals surface area contributed by atoms with Gasteiger partial charge in [0, 0.05) is 50.8 Å². The number of nitrogens with one attached hydrogen (secondary N) is 2. The van der Waals surface area contributed by atoms with Crippen LogP contribution in [0.15, 0.2) is 6.07 Å². The molecule has 0 aromatic carbocycles. The van der Waals surface area contributed by atoms with Gasteiger partial charge in [-0.3, -0.25) is 4.90 Å². The van der Waals surface area contributed by atoms with E-state index in [2.05, 4.69) is 30.6 Å². The second-order valence-corrected chi connectivity index (χ2v) is 12.6. The lowest BCUT2D eigenvalue weighted by Gasteiger charge is -2.49. The molecule has 0 amide bonds. The quantitative estimate of drug-likeness (QED) is 0.259. The fraction of sp³-hybridized carbons (Fsp3) is 0.625. The molecule has 6 rings (SSSR count). The van der Waals surface area contributed by atoms with E-state index in [1.54, 1.807) is 6.92 Å². The van der Waals surface area contributed by atoms with Crippen molar-refractivity contribution in [3.63, 3.8) is 0 Å². The largest absolute Gasteiger partial charge is 0.474 e. The maximum Gasteiger partial charge on any atom is 0.418 e. The van der Waals surface area contributed by atoms with E-state index >= 15 is 4.39 Å². The lowest BCUT2D eigenvalue weighted by molar-refractivity contribution is -0.201. The Labute approximate surface area is 280 Å². The van der Waals surface area contributed by atoms with Crippen molar-refractivity contribution < 1.29 is 40.6 Å². The Morgan fingerprint density at radius 2 is 1.82 bits per heavy atom. The molecule has 0 bridgehead atoms. The van der Waals surface area contributed by atoms with Gasteiger partial charge in [0.05, 0.1) is 24.0 Å². The molecule has 17 heteroatoms. The second kappa shape index (κ2) is 14.3. The summed E-state index contributed by atoms with van der Waals surface area (Å²) in [7, 11) is 1.27. The zero-order chi connectivity index (χ0) is 35.7. The number of ether oxygens (including phenoxy) is 3. The molecule has 0 spiro atoms. The summed E-state index contributed by atoms with van der Waals surface area (Å²) in [6, 6.07) is 0.711. The van der Waals surface area contributed by atoms with Gasteiger partial charge in [-0.25, -0.2) is 23.1 Å². The number of pyridine rings is 2. The van der Waals surface area contributed by atoms with Crippen molar-refractivity contribution in [1.29, 1.82) is 0 Å². The number of aryl methyl sites for hydroxylation is 1. The van der Waals surface area contributed by atoms with Crippen molar-refractivity contribution in [2.75, 3.05) is 64.0 Å². The van der Waals surface area contributed by atoms with Crippen LogP contribution in [0.4, 0.5) is 38.0 Å². The average molecular weight is 701 g/mol. The lowest BCUT2D eigenvalue weighted by Crippen LogP contribution is -2.67. The highest BCUT2D eigenvalue weighted by Crippen LogP contribution is 2.49. The van der Waals surface area contributed by atoms with Gasteiger partial charge in [-0.2, -0.15) is 23.1 Å². The molecule has 3 aliphatic rings. The van der Waals surface area contributed by atoms with Crippen LogP contribution < -0.4 is 25.8 Å². The Morgan fingerprint density at radius 3 is 2.45 bits per heavy atom. The maximum atomic E-state index is 16.6. The maximum absolute atomic E-state index is 16.6. The summed E-state index contributed by atoms with van der Waals surface area (Å²) in [4.78, 5) is 18.7. The minimum absolute atomic E-state index is 0.0456. The number of nitrogen functional groups attached to an aromatic ring is 1. The van der Waals surface area contributed by atoms with E-state index < -0.39 is 52.6 Å². The number of rotatable bonds is 8. The molecule has 1 atom stereocenters. The van der Waals surface area contributed by atoms with Gasteiger partial charge in [0.1, 0.15) is 28.2 Å². The molecule has 2 aliphatic heterocycles. The molecule has 2 fully saturated rings. The van der Waals surface area contributed by atoms with Crippen molar-refractivity contribution in [3.8, 4) is 23.1 Å². The summed E-state index contributed by atoms with van der Waals surface area (Å²) in [5.74, 6) is -1.42. The van der Waals surface area contributed by atoms with Gasteiger partial charge in [-0.05, 0) is 45.7 Å². The van der Waals surface area contributed by atoms with E-state index in [4.69, 9.17) is 19.9 Å². The van der Waals surface area contributed by atoms with Crippen LogP contribution in [0, 0.1) is 18.2 Å². The summed E-state index contributed by atoms with van der Waals surface area (Å²) in [5.41, 5.74) is 0.738. The Hall–Kier alpha value is -3.70. The number of hydrogen-bond acceptors (Lipinski definition) is 11. The fourth-order valence-electron chi connectivity index (χ4n) is 6.16. The predicted octanol–water partition coefficient (Wildman–Crippen LogP) is 5.46. The van der Waals surface area contributed by atoms with E-state index in [9.17, 15) is 22.0 Å². The van der Waals surface area contributed by atoms with E-state index in [1.807, 2.05) is 18.7 Å². The van der Waals surface area contributed by atoms with Gasteiger partial charge in [-0.1, -0.05) is 13.8 Å². The molecule has 3 aromatic heterocycles. The zero-order valence-corrected chi connectivity index (χ0v) is 28.1. The molecular weight excluding hydrogens is 658 g/mol. The molecule has 1 unspecified atom stereocenters. The first-order valence-corrected chi connectivity index (χ1v) is 16.3. The number of anilines is 2. The molecule has 270 valence electrons. The number of alkyl halides is 5. The number of hydrogen-bond donors (Lipinski definition) is 3. The molecule has 49 heavy (non-hydrogen) atoms. The van der Waals surface area contributed by atoms with Crippen molar-refractivity contribution in [2.24, 2.45) is 5.41 Å². The van der Waals surface area contributed by atoms with Gasteiger partial charge < -0.3 is 30.6 Å². The first-order chi connectivity index (χ1) is 23.2. The molecule has 0 radical (unpaired) electrons. The van der Waals surface area contributed by atoms with E-state index in [0.717, 1.165) is 25.8 Å². The highest BCUT2D eigenvalue weighted by atomic mass is 19.4. The minimum Gasteiger partial charge on any atom is -0.474 e. The van der Waals surface area contributed by atoms with Gasteiger partial charge in [0.25, 0.3) is 6.43 Å². The lowest BCUT2D eigenvalue weighted by atomic mass is 9.92. The van der Waals surface area contributed by atoms with Gasteiger partial charge in [0.15, 0.2) is 11.4 Å². The highest BCUT2D eigenvalue weighted by molar-refractivity contribution is 5.96. The molecular formula is C32H42F6N8O3. The monoisotopic (exact) mass is 700 g/mol. The molecule has 1 saturated carbocycles. The van der Waals surface area contributed by atoms with Crippen molar-refractivity contribution in [2.45, 2.75) is 71.3 Å².